The van der Waals surface area contributed by atoms with E-state index in [9.17, 15) is 9.90 Å². The quantitative estimate of drug-likeness (QED) is 0.887. The molecule has 2 N–H and O–H groups in total. The number of aliphatic hydroxyl groups is 1. The van der Waals surface area contributed by atoms with E-state index < -0.39 is 5.60 Å². The number of benzene rings is 1. The number of halogens is 1. The zero-order valence-corrected chi connectivity index (χ0v) is 13.1. The van der Waals surface area contributed by atoms with Crippen LogP contribution in [-0.4, -0.2) is 23.2 Å². The lowest BCUT2D eigenvalue weighted by Crippen LogP contribution is -2.44. The molecule has 1 aromatic carbocycles. The van der Waals surface area contributed by atoms with E-state index in [2.05, 4.69) is 21.2 Å². The minimum absolute atomic E-state index is 0.0696. The zero-order chi connectivity index (χ0) is 14.2. The van der Waals surface area contributed by atoms with Gasteiger partial charge in [-0.05, 0) is 43.4 Å². The summed E-state index contributed by atoms with van der Waals surface area (Å²) in [6.45, 7) is 0.393. The summed E-state index contributed by atoms with van der Waals surface area (Å²) >= 11 is 3.42. The molecule has 2 aliphatic carbocycles. The van der Waals surface area contributed by atoms with Gasteiger partial charge in [0.1, 0.15) is 0 Å². The van der Waals surface area contributed by atoms with Gasteiger partial charge in [-0.15, -0.1) is 0 Å². The maximum absolute atomic E-state index is 12.5. The molecule has 2 aliphatic rings. The molecule has 3 rings (SSSR count). The molecule has 20 heavy (non-hydrogen) atoms. The highest BCUT2D eigenvalue weighted by Crippen LogP contribution is 2.48. The molecule has 3 nitrogen and oxygen atoms in total. The van der Waals surface area contributed by atoms with Crippen molar-refractivity contribution >= 4 is 21.8 Å². The van der Waals surface area contributed by atoms with Crippen molar-refractivity contribution < 1.29 is 9.90 Å². The maximum atomic E-state index is 12.5. The van der Waals surface area contributed by atoms with Crippen LogP contribution in [-0.2, 0) is 10.2 Å². The van der Waals surface area contributed by atoms with Gasteiger partial charge < -0.3 is 10.4 Å². The Morgan fingerprint density at radius 3 is 2.30 bits per heavy atom. The lowest BCUT2D eigenvalue weighted by atomic mass is 9.94. The summed E-state index contributed by atoms with van der Waals surface area (Å²) in [7, 11) is 0. The number of nitrogens with one attached hydrogen (secondary N) is 1. The predicted octanol–water partition coefficient (Wildman–Crippen LogP) is 2.90. The van der Waals surface area contributed by atoms with Gasteiger partial charge in [0, 0.05) is 11.0 Å². The molecule has 0 atom stereocenters. The minimum atomic E-state index is -0.675. The Kier molecular flexibility index (Phi) is 3.63. The highest BCUT2D eigenvalue weighted by atomic mass is 79.9. The van der Waals surface area contributed by atoms with Gasteiger partial charge >= 0.3 is 0 Å². The third kappa shape index (κ3) is 2.63. The second-order valence-corrected chi connectivity index (χ2v) is 7.12. The van der Waals surface area contributed by atoms with Crippen LogP contribution < -0.4 is 5.32 Å². The average Bonchev–Trinajstić information content (AvgIpc) is 3.14. The summed E-state index contributed by atoms with van der Waals surface area (Å²) in [5, 5.41) is 13.3. The second-order valence-electron chi connectivity index (χ2n) is 6.20. The fraction of sp³-hybridized carbons (Fsp3) is 0.562. The van der Waals surface area contributed by atoms with Crippen LogP contribution in [0.1, 0.15) is 44.1 Å². The average molecular weight is 338 g/mol. The zero-order valence-electron chi connectivity index (χ0n) is 11.5. The molecule has 0 aromatic heterocycles. The van der Waals surface area contributed by atoms with E-state index in [1.165, 1.54) is 0 Å². The van der Waals surface area contributed by atoms with Gasteiger partial charge in [-0.25, -0.2) is 0 Å². The Bertz CT molecular complexity index is 502. The molecule has 0 bridgehead atoms. The molecule has 2 saturated carbocycles. The molecule has 0 spiro atoms. The van der Waals surface area contributed by atoms with Crippen LogP contribution in [0, 0.1) is 0 Å². The first-order valence-electron chi connectivity index (χ1n) is 7.31. The molecule has 1 amide bonds. The van der Waals surface area contributed by atoms with Gasteiger partial charge in [0.05, 0.1) is 11.0 Å². The molecular formula is C16H20BrNO2. The molecule has 4 heteroatoms. The summed E-state index contributed by atoms with van der Waals surface area (Å²) < 4.78 is 1.03. The van der Waals surface area contributed by atoms with Crippen LogP contribution in [0.25, 0.3) is 0 Å². The molecule has 2 fully saturated rings. The lowest BCUT2D eigenvalue weighted by molar-refractivity contribution is -0.124. The third-order valence-corrected chi connectivity index (χ3v) is 5.22. The number of rotatable bonds is 4. The molecular weight excluding hydrogens is 318 g/mol. The topological polar surface area (TPSA) is 49.3 Å². The third-order valence-electron chi connectivity index (χ3n) is 4.69. The molecule has 1 aromatic rings. The van der Waals surface area contributed by atoms with Crippen molar-refractivity contribution in [2.24, 2.45) is 0 Å². The number of hydrogen-bond donors (Lipinski definition) is 2. The Morgan fingerprint density at radius 1 is 1.15 bits per heavy atom. The first kappa shape index (κ1) is 14.1. The summed E-state index contributed by atoms with van der Waals surface area (Å²) in [6, 6.07) is 7.99. The molecule has 0 unspecified atom stereocenters. The molecule has 0 aliphatic heterocycles. The van der Waals surface area contributed by atoms with Crippen LogP contribution in [0.15, 0.2) is 28.7 Å². The van der Waals surface area contributed by atoms with Crippen molar-refractivity contribution in [1.29, 1.82) is 0 Å². The van der Waals surface area contributed by atoms with Crippen molar-refractivity contribution in [3.63, 3.8) is 0 Å². The van der Waals surface area contributed by atoms with Crippen molar-refractivity contribution in [2.75, 3.05) is 6.54 Å². The van der Waals surface area contributed by atoms with E-state index in [0.29, 0.717) is 6.54 Å². The first-order chi connectivity index (χ1) is 9.54. The Hall–Kier alpha value is -0.870. The van der Waals surface area contributed by atoms with Gasteiger partial charge in [-0.1, -0.05) is 40.9 Å². The first-order valence-corrected chi connectivity index (χ1v) is 8.10. The van der Waals surface area contributed by atoms with E-state index in [1.54, 1.807) is 0 Å². The molecule has 108 valence electrons. The van der Waals surface area contributed by atoms with Crippen LogP contribution >= 0.6 is 15.9 Å². The highest BCUT2D eigenvalue weighted by molar-refractivity contribution is 9.10. The summed E-state index contributed by atoms with van der Waals surface area (Å²) in [4.78, 5) is 12.5. The van der Waals surface area contributed by atoms with Crippen molar-refractivity contribution in [3.8, 4) is 0 Å². The molecule has 0 saturated heterocycles. The monoisotopic (exact) mass is 337 g/mol. The normalized spacial score (nSPS) is 22.5. The van der Waals surface area contributed by atoms with Crippen molar-refractivity contribution in [3.05, 3.63) is 34.3 Å². The fourth-order valence-electron chi connectivity index (χ4n) is 3.16. The number of carbonyl (C=O) groups excluding carboxylic acids is 1. The van der Waals surface area contributed by atoms with Crippen molar-refractivity contribution in [2.45, 2.75) is 49.5 Å². The number of carbonyl (C=O) groups is 1. The SMILES string of the molecule is O=C(NCC1(O)CCCC1)C1(c2ccc(Br)cc2)CC1. The highest BCUT2D eigenvalue weighted by Gasteiger charge is 2.51. The molecule has 0 radical (unpaired) electrons. The Morgan fingerprint density at radius 2 is 1.75 bits per heavy atom. The van der Waals surface area contributed by atoms with Crippen molar-refractivity contribution in [1.82, 2.24) is 5.32 Å². The fourth-order valence-corrected chi connectivity index (χ4v) is 3.43. The Balaban J connectivity index is 1.66. The summed E-state index contributed by atoms with van der Waals surface area (Å²) in [5.74, 6) is 0.0696. The van der Waals surface area contributed by atoms with Gasteiger partial charge in [-0.2, -0.15) is 0 Å². The smallest absolute Gasteiger partial charge is 0.230 e. The number of amides is 1. The summed E-state index contributed by atoms with van der Waals surface area (Å²) in [6.07, 6.45) is 5.53. The second kappa shape index (κ2) is 5.15. The largest absolute Gasteiger partial charge is 0.388 e. The molecule has 0 heterocycles. The minimum Gasteiger partial charge on any atom is -0.388 e. The van der Waals surface area contributed by atoms with E-state index in [4.69, 9.17) is 0 Å². The van der Waals surface area contributed by atoms with Gasteiger partial charge in [0.2, 0.25) is 5.91 Å². The predicted molar refractivity (Wildman–Crippen MR) is 81.5 cm³/mol. The maximum Gasteiger partial charge on any atom is 0.230 e. The van der Waals surface area contributed by atoms with Crippen LogP contribution in [0.5, 0.6) is 0 Å². The van der Waals surface area contributed by atoms with Crippen LogP contribution in [0.3, 0.4) is 0 Å². The van der Waals surface area contributed by atoms with Gasteiger partial charge in [0.15, 0.2) is 0 Å². The number of hydrogen-bond acceptors (Lipinski definition) is 2. The Labute approximate surface area is 127 Å². The van der Waals surface area contributed by atoms with Crippen LogP contribution in [0.4, 0.5) is 0 Å². The summed E-state index contributed by atoms with van der Waals surface area (Å²) in [5.41, 5.74) is 0.0535. The van der Waals surface area contributed by atoms with E-state index in [1.807, 2.05) is 24.3 Å². The van der Waals surface area contributed by atoms with Gasteiger partial charge in [-0.3, -0.25) is 4.79 Å². The van der Waals surface area contributed by atoms with Gasteiger partial charge in [0.25, 0.3) is 0 Å². The lowest BCUT2D eigenvalue weighted by Gasteiger charge is -2.24. The van der Waals surface area contributed by atoms with Crippen LogP contribution in [0.2, 0.25) is 0 Å². The van der Waals surface area contributed by atoms with E-state index >= 15 is 0 Å². The van der Waals surface area contributed by atoms with E-state index in [0.717, 1.165) is 48.6 Å². The van der Waals surface area contributed by atoms with E-state index in [-0.39, 0.29) is 11.3 Å². The standard InChI is InChI=1S/C16H20BrNO2/c17-13-5-3-12(4-6-13)16(9-10-16)14(19)18-11-15(20)7-1-2-8-15/h3-6,20H,1-2,7-11H2,(H,18,19).